The molecule has 3 aromatic carbocycles. The fourth-order valence-electron chi connectivity index (χ4n) is 2.73. The van der Waals surface area contributed by atoms with Crippen LogP contribution in [0.2, 0.25) is 0 Å². The summed E-state index contributed by atoms with van der Waals surface area (Å²) in [6, 6.07) is 23.9. The van der Waals surface area contributed by atoms with Gasteiger partial charge in [-0.15, -0.1) is 0 Å². The molecule has 0 aromatic heterocycles. The summed E-state index contributed by atoms with van der Waals surface area (Å²) in [4.78, 5) is 23.0. The van der Waals surface area contributed by atoms with Gasteiger partial charge in [0.15, 0.2) is 0 Å². The molecular formula is C24H20O5. The van der Waals surface area contributed by atoms with Gasteiger partial charge in [0, 0.05) is 0 Å². The first kappa shape index (κ1) is 19.9. The molecule has 146 valence electrons. The third-order valence-electron chi connectivity index (χ3n) is 4.30. The second kappa shape index (κ2) is 9.37. The summed E-state index contributed by atoms with van der Waals surface area (Å²) in [5.41, 5.74) is 3.30. The van der Waals surface area contributed by atoms with Gasteiger partial charge in [-0.25, -0.2) is 9.59 Å². The van der Waals surface area contributed by atoms with Crippen molar-refractivity contribution in [1.82, 2.24) is 0 Å². The lowest BCUT2D eigenvalue weighted by molar-refractivity contribution is -0.132. The number of carbonyl (C=O) groups excluding carboxylic acids is 1. The monoisotopic (exact) mass is 388 g/mol. The molecule has 29 heavy (non-hydrogen) atoms. The van der Waals surface area contributed by atoms with Gasteiger partial charge in [0.05, 0.1) is 18.2 Å². The van der Waals surface area contributed by atoms with E-state index in [1.165, 1.54) is 13.2 Å². The van der Waals surface area contributed by atoms with E-state index in [1.807, 2.05) is 54.6 Å². The number of hydrogen-bond donors (Lipinski definition) is 1. The molecule has 0 atom stereocenters. The summed E-state index contributed by atoms with van der Waals surface area (Å²) >= 11 is 0. The van der Waals surface area contributed by atoms with Crippen LogP contribution in [-0.2, 0) is 9.53 Å². The number of carbonyl (C=O) groups is 2. The summed E-state index contributed by atoms with van der Waals surface area (Å²) in [5.74, 6) is -0.929. The summed E-state index contributed by atoms with van der Waals surface area (Å²) in [6.45, 7) is -0.0846. The Morgan fingerprint density at radius 3 is 2.07 bits per heavy atom. The van der Waals surface area contributed by atoms with Crippen molar-refractivity contribution in [2.24, 2.45) is 0 Å². The minimum atomic E-state index is -1.07. The highest BCUT2D eigenvalue weighted by atomic mass is 16.5. The van der Waals surface area contributed by atoms with Crippen LogP contribution in [0.25, 0.3) is 17.2 Å². The Labute approximate surface area is 168 Å². The second-order valence-corrected chi connectivity index (χ2v) is 6.27. The Morgan fingerprint density at radius 1 is 0.862 bits per heavy atom. The molecule has 5 nitrogen and oxygen atoms in total. The van der Waals surface area contributed by atoms with Crippen LogP contribution in [0.4, 0.5) is 0 Å². The standard InChI is InChI=1S/C24H20O5/c1-28-24(27)20-9-7-17(8-10-20)15-21(23(25)26)16-29-22-13-11-19(12-14-22)18-5-3-2-4-6-18/h2-15H,16H2,1H3,(H,25,26). The zero-order chi connectivity index (χ0) is 20.6. The molecule has 0 unspecified atom stereocenters. The Bertz CT molecular complexity index is 1000. The second-order valence-electron chi connectivity index (χ2n) is 6.27. The predicted octanol–water partition coefficient (Wildman–Crippen LogP) is 4.69. The van der Waals surface area contributed by atoms with E-state index in [9.17, 15) is 14.7 Å². The maximum absolute atomic E-state index is 11.6. The number of rotatable bonds is 7. The molecule has 0 spiro atoms. The lowest BCUT2D eigenvalue weighted by Gasteiger charge is -2.08. The number of esters is 1. The molecule has 1 N–H and O–H groups in total. The smallest absolute Gasteiger partial charge is 0.337 e. The minimum absolute atomic E-state index is 0.0846. The van der Waals surface area contributed by atoms with E-state index in [2.05, 4.69) is 4.74 Å². The van der Waals surface area contributed by atoms with E-state index in [0.717, 1.165) is 11.1 Å². The first-order valence-corrected chi connectivity index (χ1v) is 8.97. The van der Waals surface area contributed by atoms with Gasteiger partial charge < -0.3 is 14.6 Å². The zero-order valence-corrected chi connectivity index (χ0v) is 15.9. The van der Waals surface area contributed by atoms with Crippen LogP contribution in [0.1, 0.15) is 15.9 Å². The van der Waals surface area contributed by atoms with Gasteiger partial charge in [-0.3, -0.25) is 0 Å². The van der Waals surface area contributed by atoms with Crippen molar-refractivity contribution >= 4 is 18.0 Å². The number of aliphatic carboxylic acids is 1. The van der Waals surface area contributed by atoms with Crippen molar-refractivity contribution in [1.29, 1.82) is 0 Å². The van der Waals surface area contributed by atoms with Crippen LogP contribution >= 0.6 is 0 Å². The van der Waals surface area contributed by atoms with E-state index >= 15 is 0 Å². The number of methoxy groups -OCH3 is 1. The van der Waals surface area contributed by atoms with E-state index in [1.54, 1.807) is 24.3 Å². The van der Waals surface area contributed by atoms with Crippen molar-refractivity contribution < 1.29 is 24.2 Å². The van der Waals surface area contributed by atoms with Gasteiger partial charge in [0.2, 0.25) is 0 Å². The number of ether oxygens (including phenoxy) is 2. The Balaban J connectivity index is 1.68. The van der Waals surface area contributed by atoms with Crippen molar-refractivity contribution in [3.8, 4) is 16.9 Å². The average Bonchev–Trinajstić information content (AvgIpc) is 2.77. The molecule has 5 heteroatoms. The highest BCUT2D eigenvalue weighted by Gasteiger charge is 2.10. The van der Waals surface area contributed by atoms with Gasteiger partial charge in [0.1, 0.15) is 12.4 Å². The highest BCUT2D eigenvalue weighted by Crippen LogP contribution is 2.22. The SMILES string of the molecule is COC(=O)c1ccc(C=C(COc2ccc(-c3ccccc3)cc2)C(=O)O)cc1. The van der Waals surface area contributed by atoms with Crippen molar-refractivity contribution in [2.45, 2.75) is 0 Å². The fraction of sp³-hybridized carbons (Fsp3) is 0.0833. The summed E-state index contributed by atoms with van der Waals surface area (Å²) in [7, 11) is 1.31. The normalized spacial score (nSPS) is 11.0. The van der Waals surface area contributed by atoms with Gasteiger partial charge in [-0.2, -0.15) is 0 Å². The van der Waals surface area contributed by atoms with Crippen LogP contribution in [0, 0.1) is 0 Å². The first-order chi connectivity index (χ1) is 14.1. The maximum Gasteiger partial charge on any atom is 0.337 e. The number of carboxylic acid groups (broad SMARTS) is 1. The molecule has 0 heterocycles. The molecule has 0 aliphatic rings. The quantitative estimate of drug-likeness (QED) is 0.470. The lowest BCUT2D eigenvalue weighted by Crippen LogP contribution is -2.10. The zero-order valence-electron chi connectivity index (χ0n) is 15.9. The number of carboxylic acids is 1. The summed E-state index contributed by atoms with van der Waals surface area (Å²) in [6.07, 6.45) is 1.52. The van der Waals surface area contributed by atoms with Crippen LogP contribution in [-0.4, -0.2) is 30.8 Å². The largest absolute Gasteiger partial charge is 0.489 e. The van der Waals surface area contributed by atoms with Gasteiger partial charge >= 0.3 is 11.9 Å². The molecule has 0 aliphatic heterocycles. The molecule has 0 saturated heterocycles. The molecule has 0 saturated carbocycles. The number of benzene rings is 3. The van der Waals surface area contributed by atoms with E-state index in [0.29, 0.717) is 16.9 Å². The van der Waals surface area contributed by atoms with E-state index < -0.39 is 11.9 Å². The molecular weight excluding hydrogens is 368 g/mol. The third kappa shape index (κ3) is 5.32. The Hall–Kier alpha value is -3.86. The third-order valence-corrected chi connectivity index (χ3v) is 4.30. The Morgan fingerprint density at radius 2 is 1.48 bits per heavy atom. The molecule has 0 fully saturated rings. The van der Waals surface area contributed by atoms with Crippen molar-refractivity contribution in [2.75, 3.05) is 13.7 Å². The molecule has 0 radical (unpaired) electrons. The van der Waals surface area contributed by atoms with Crippen molar-refractivity contribution in [3.05, 3.63) is 95.6 Å². The van der Waals surface area contributed by atoms with Gasteiger partial charge in [-0.1, -0.05) is 54.6 Å². The van der Waals surface area contributed by atoms with Crippen LogP contribution in [0.5, 0.6) is 5.75 Å². The summed E-state index contributed by atoms with van der Waals surface area (Å²) in [5, 5.41) is 9.46. The van der Waals surface area contributed by atoms with Gasteiger partial charge in [-0.05, 0) is 47.0 Å². The molecule has 0 bridgehead atoms. The lowest BCUT2D eigenvalue weighted by atomic mass is 10.1. The average molecular weight is 388 g/mol. The molecule has 3 rings (SSSR count). The highest BCUT2D eigenvalue weighted by molar-refractivity contribution is 5.93. The van der Waals surface area contributed by atoms with Crippen molar-refractivity contribution in [3.63, 3.8) is 0 Å². The van der Waals surface area contributed by atoms with Crippen LogP contribution in [0.15, 0.2) is 84.4 Å². The van der Waals surface area contributed by atoms with Crippen LogP contribution in [0.3, 0.4) is 0 Å². The topological polar surface area (TPSA) is 72.8 Å². The molecule has 0 amide bonds. The number of hydrogen-bond acceptors (Lipinski definition) is 4. The molecule has 3 aromatic rings. The Kier molecular flexibility index (Phi) is 6.43. The van der Waals surface area contributed by atoms with E-state index in [-0.39, 0.29) is 12.2 Å². The minimum Gasteiger partial charge on any atom is -0.489 e. The van der Waals surface area contributed by atoms with E-state index in [4.69, 9.17) is 4.74 Å². The maximum atomic E-state index is 11.6. The summed E-state index contributed by atoms with van der Waals surface area (Å²) < 4.78 is 10.3. The van der Waals surface area contributed by atoms with Gasteiger partial charge in [0.25, 0.3) is 0 Å². The fourth-order valence-corrected chi connectivity index (χ4v) is 2.73. The first-order valence-electron chi connectivity index (χ1n) is 8.97. The molecule has 0 aliphatic carbocycles. The predicted molar refractivity (Wildman–Crippen MR) is 111 cm³/mol. The van der Waals surface area contributed by atoms with Crippen LogP contribution < -0.4 is 4.74 Å².